The Bertz CT molecular complexity index is 701. The van der Waals surface area contributed by atoms with Gasteiger partial charge in [0, 0.05) is 24.0 Å². The molecular formula is C14H14Cl2N2O2. The van der Waals surface area contributed by atoms with Crippen molar-refractivity contribution in [2.45, 2.75) is 26.4 Å². The van der Waals surface area contributed by atoms with Gasteiger partial charge in [0.15, 0.2) is 5.78 Å². The van der Waals surface area contributed by atoms with Gasteiger partial charge in [-0.3, -0.25) is 13.9 Å². The Hall–Kier alpha value is -1.52. The molecule has 1 aromatic heterocycles. The second kappa shape index (κ2) is 5.85. The molecular weight excluding hydrogens is 299 g/mol. The first-order valence-electron chi connectivity index (χ1n) is 6.15. The van der Waals surface area contributed by atoms with Crippen molar-refractivity contribution < 1.29 is 4.79 Å². The standard InChI is InChI=1S/C14H14Cl2N2O2/c1-9(2)18-6-5-17(14(18)20)8-13(19)10-3-4-11(15)12(16)7-10/h3-7,9H,8H2,1-2H3. The van der Waals surface area contributed by atoms with Crippen LogP contribution in [0.1, 0.15) is 30.2 Å². The second-order valence-corrected chi connectivity index (χ2v) is 5.58. The molecule has 2 rings (SSSR count). The van der Waals surface area contributed by atoms with Gasteiger partial charge in [-0.25, -0.2) is 4.79 Å². The molecule has 0 radical (unpaired) electrons. The third-order valence-electron chi connectivity index (χ3n) is 2.99. The predicted molar refractivity (Wildman–Crippen MR) is 79.9 cm³/mol. The molecule has 6 heteroatoms. The summed E-state index contributed by atoms with van der Waals surface area (Å²) in [6.45, 7) is 3.80. The van der Waals surface area contributed by atoms with E-state index < -0.39 is 0 Å². The maximum Gasteiger partial charge on any atom is 0.328 e. The van der Waals surface area contributed by atoms with Crippen molar-refractivity contribution in [1.82, 2.24) is 9.13 Å². The van der Waals surface area contributed by atoms with Crippen LogP contribution in [0.2, 0.25) is 10.0 Å². The molecule has 0 aliphatic heterocycles. The predicted octanol–water partition coefficient (Wildman–Crippen LogP) is 3.42. The van der Waals surface area contributed by atoms with E-state index in [0.29, 0.717) is 15.6 Å². The summed E-state index contributed by atoms with van der Waals surface area (Å²) >= 11 is 11.7. The van der Waals surface area contributed by atoms with Crippen molar-refractivity contribution in [3.8, 4) is 0 Å². The van der Waals surface area contributed by atoms with Gasteiger partial charge in [0.25, 0.3) is 0 Å². The van der Waals surface area contributed by atoms with E-state index in [1.165, 1.54) is 10.6 Å². The highest BCUT2D eigenvalue weighted by molar-refractivity contribution is 6.42. The summed E-state index contributed by atoms with van der Waals surface area (Å²) < 4.78 is 2.95. The average Bonchev–Trinajstić information content (AvgIpc) is 2.74. The van der Waals surface area contributed by atoms with Crippen LogP contribution in [-0.2, 0) is 6.54 Å². The molecule has 0 spiro atoms. The van der Waals surface area contributed by atoms with Gasteiger partial charge in [-0.1, -0.05) is 23.2 Å². The van der Waals surface area contributed by atoms with Crippen molar-refractivity contribution in [2.75, 3.05) is 0 Å². The Morgan fingerprint density at radius 1 is 1.20 bits per heavy atom. The van der Waals surface area contributed by atoms with E-state index in [9.17, 15) is 9.59 Å². The van der Waals surface area contributed by atoms with Gasteiger partial charge < -0.3 is 0 Å². The molecule has 106 valence electrons. The summed E-state index contributed by atoms with van der Waals surface area (Å²) in [4.78, 5) is 24.2. The second-order valence-electron chi connectivity index (χ2n) is 4.76. The Morgan fingerprint density at radius 3 is 2.45 bits per heavy atom. The number of imidazole rings is 1. The Labute approximate surface area is 126 Å². The summed E-state index contributed by atoms with van der Waals surface area (Å²) in [5, 5.41) is 0.718. The molecule has 1 heterocycles. The molecule has 2 aromatic rings. The van der Waals surface area contributed by atoms with Crippen LogP contribution in [0.3, 0.4) is 0 Å². The summed E-state index contributed by atoms with van der Waals surface area (Å²) in [7, 11) is 0. The molecule has 0 N–H and O–H groups in total. The van der Waals surface area contributed by atoms with Crippen molar-refractivity contribution >= 4 is 29.0 Å². The van der Waals surface area contributed by atoms with Crippen molar-refractivity contribution in [2.24, 2.45) is 0 Å². The minimum atomic E-state index is -0.201. The Kier molecular flexibility index (Phi) is 4.35. The number of hydrogen-bond donors (Lipinski definition) is 0. The molecule has 0 saturated carbocycles. The lowest BCUT2D eigenvalue weighted by atomic mass is 10.1. The van der Waals surface area contributed by atoms with Gasteiger partial charge in [-0.2, -0.15) is 0 Å². The maximum atomic E-state index is 12.1. The number of ketones is 1. The number of aromatic nitrogens is 2. The first-order chi connectivity index (χ1) is 9.40. The van der Waals surface area contributed by atoms with Crippen LogP contribution in [0, 0.1) is 0 Å². The molecule has 1 aromatic carbocycles. The van der Waals surface area contributed by atoms with Crippen molar-refractivity contribution in [1.29, 1.82) is 0 Å². The van der Waals surface area contributed by atoms with Gasteiger partial charge in [0.05, 0.1) is 16.6 Å². The van der Waals surface area contributed by atoms with Gasteiger partial charge >= 0.3 is 5.69 Å². The summed E-state index contributed by atoms with van der Waals surface area (Å²) in [5.74, 6) is -0.188. The van der Waals surface area contributed by atoms with E-state index in [2.05, 4.69) is 0 Å². The van der Waals surface area contributed by atoms with Crippen LogP contribution in [0.4, 0.5) is 0 Å². The van der Waals surface area contributed by atoms with E-state index in [0.717, 1.165) is 0 Å². The largest absolute Gasteiger partial charge is 0.328 e. The van der Waals surface area contributed by atoms with E-state index in [4.69, 9.17) is 23.2 Å². The highest BCUT2D eigenvalue weighted by Gasteiger charge is 2.12. The number of Topliss-reactive ketones (excluding diaryl/α,β-unsaturated/α-hetero) is 1. The zero-order valence-electron chi connectivity index (χ0n) is 11.1. The quantitative estimate of drug-likeness (QED) is 0.812. The van der Waals surface area contributed by atoms with E-state index in [1.54, 1.807) is 29.1 Å². The average molecular weight is 313 g/mol. The Balaban J connectivity index is 2.24. The van der Waals surface area contributed by atoms with Gasteiger partial charge in [-0.05, 0) is 32.0 Å². The van der Waals surface area contributed by atoms with Gasteiger partial charge in [0.1, 0.15) is 0 Å². The summed E-state index contributed by atoms with van der Waals surface area (Å²) in [5.41, 5.74) is 0.233. The fourth-order valence-electron chi connectivity index (χ4n) is 1.86. The van der Waals surface area contributed by atoms with Crippen LogP contribution in [0.5, 0.6) is 0 Å². The fraction of sp³-hybridized carbons (Fsp3) is 0.286. The molecule has 0 unspecified atom stereocenters. The zero-order valence-corrected chi connectivity index (χ0v) is 12.6. The van der Waals surface area contributed by atoms with Crippen molar-refractivity contribution in [3.63, 3.8) is 0 Å². The number of hydrogen-bond acceptors (Lipinski definition) is 2. The molecule has 4 nitrogen and oxygen atoms in total. The lowest BCUT2D eigenvalue weighted by Crippen LogP contribution is -2.27. The number of carbonyl (C=O) groups excluding carboxylic acids is 1. The third-order valence-corrected chi connectivity index (χ3v) is 3.72. The molecule has 20 heavy (non-hydrogen) atoms. The lowest BCUT2D eigenvalue weighted by molar-refractivity contribution is 0.0970. The normalized spacial score (nSPS) is 11.1. The first-order valence-corrected chi connectivity index (χ1v) is 6.91. The molecule has 0 aliphatic carbocycles. The lowest BCUT2D eigenvalue weighted by Gasteiger charge is -2.05. The number of nitrogens with zero attached hydrogens (tertiary/aromatic N) is 2. The molecule has 0 amide bonds. The summed E-state index contributed by atoms with van der Waals surface area (Å²) in [6.07, 6.45) is 3.28. The number of halogens is 2. The van der Waals surface area contributed by atoms with E-state index >= 15 is 0 Å². The number of carbonyl (C=O) groups is 1. The molecule has 0 aliphatic rings. The highest BCUT2D eigenvalue weighted by atomic mass is 35.5. The van der Waals surface area contributed by atoms with Crippen LogP contribution in [0.25, 0.3) is 0 Å². The number of benzene rings is 1. The Morgan fingerprint density at radius 2 is 1.90 bits per heavy atom. The minimum absolute atomic E-state index is 0.0173. The van der Waals surface area contributed by atoms with Crippen LogP contribution >= 0.6 is 23.2 Å². The molecule has 0 atom stereocenters. The fourth-order valence-corrected chi connectivity index (χ4v) is 2.16. The van der Waals surface area contributed by atoms with Crippen LogP contribution in [0.15, 0.2) is 35.4 Å². The summed E-state index contributed by atoms with van der Waals surface area (Å²) in [6, 6.07) is 4.74. The topological polar surface area (TPSA) is 44.0 Å². The highest BCUT2D eigenvalue weighted by Crippen LogP contribution is 2.22. The number of rotatable bonds is 4. The van der Waals surface area contributed by atoms with Gasteiger partial charge in [0.2, 0.25) is 0 Å². The molecule has 0 fully saturated rings. The van der Waals surface area contributed by atoms with Crippen LogP contribution < -0.4 is 5.69 Å². The monoisotopic (exact) mass is 312 g/mol. The maximum absolute atomic E-state index is 12.1. The van der Waals surface area contributed by atoms with E-state index in [-0.39, 0.29) is 24.1 Å². The minimum Gasteiger partial charge on any atom is -0.297 e. The smallest absolute Gasteiger partial charge is 0.297 e. The van der Waals surface area contributed by atoms with Gasteiger partial charge in [-0.15, -0.1) is 0 Å². The first kappa shape index (κ1) is 14.9. The molecule has 0 bridgehead atoms. The zero-order chi connectivity index (χ0) is 14.9. The molecule has 0 saturated heterocycles. The van der Waals surface area contributed by atoms with E-state index in [1.807, 2.05) is 13.8 Å². The SMILES string of the molecule is CC(C)n1ccn(CC(=O)c2ccc(Cl)c(Cl)c2)c1=O. The van der Waals surface area contributed by atoms with Crippen LogP contribution in [-0.4, -0.2) is 14.9 Å². The van der Waals surface area contributed by atoms with Crippen molar-refractivity contribution in [3.05, 3.63) is 56.7 Å². The third kappa shape index (κ3) is 2.97.